The summed E-state index contributed by atoms with van der Waals surface area (Å²) in [6, 6.07) is 46.7. The van der Waals surface area contributed by atoms with Gasteiger partial charge in [0.25, 0.3) is 0 Å². The number of fused-ring (bicyclic) bond motifs is 3. The van der Waals surface area contributed by atoms with E-state index in [0.29, 0.717) is 5.92 Å². The molecule has 4 atom stereocenters. The number of thioether (sulfide) groups is 1. The van der Waals surface area contributed by atoms with Crippen LogP contribution in [0.1, 0.15) is 107 Å². The predicted molar refractivity (Wildman–Crippen MR) is 286 cm³/mol. The Hall–Kier alpha value is -5.81. The predicted octanol–water partition coefficient (Wildman–Crippen LogP) is 16.7. The van der Waals surface area contributed by atoms with Gasteiger partial charge in [0.15, 0.2) is 0 Å². The number of nitrogens with one attached hydrogen (secondary N) is 2. The van der Waals surface area contributed by atoms with Crippen LogP contribution in [0, 0.1) is 12.8 Å². The van der Waals surface area contributed by atoms with E-state index in [2.05, 4.69) is 238 Å². The fraction of sp³-hybridized carbons (Fsp3) is 0.279. The van der Waals surface area contributed by atoms with Crippen LogP contribution in [-0.4, -0.2) is 11.8 Å². The van der Waals surface area contributed by atoms with Gasteiger partial charge in [-0.2, -0.15) is 0 Å². The molecular formula is C61H71N3S. The average molecular weight is 878 g/mol. The van der Waals surface area contributed by atoms with Crippen LogP contribution in [0.25, 0.3) is 16.8 Å². The van der Waals surface area contributed by atoms with Gasteiger partial charge >= 0.3 is 0 Å². The van der Waals surface area contributed by atoms with Crippen LogP contribution in [0.15, 0.2) is 205 Å². The van der Waals surface area contributed by atoms with E-state index in [1.165, 1.54) is 67.3 Å². The van der Waals surface area contributed by atoms with E-state index in [4.69, 9.17) is 0 Å². The van der Waals surface area contributed by atoms with E-state index >= 15 is 0 Å². The normalized spacial score (nSPS) is 19.3. The number of benzene rings is 5. The number of hydrogen-bond acceptors (Lipinski definition) is 4. The Labute approximate surface area is 396 Å². The van der Waals surface area contributed by atoms with Crippen LogP contribution in [0.4, 0.5) is 11.4 Å². The molecule has 336 valence electrons. The standard InChI is InChI=1S/C45H43N3.C8H10.C6H12S.C2H6/c1-3-41(46-36-21-11-6-12-22-36)34-20-15-23-37(29-34)48-42-25-14-13-24-39(42)45-43(48)30-40(33-18-9-5-10-19-33)44(47-45)35-26-27-38(31(2)28-35)32-16-7-4-8-17-32;1-2-8-6-4-3-5-7-8;1-3-5-6-7-4-2;1-2/h3-5,7-11,13-18,20-30,33,43-47H,6,12,19H2,1-2H3;3-7H,2H2,1H3;5-6H,3-4H2,1-2H3;1-2H3/b41-3-;;6-5-;. The minimum atomic E-state index is 0.117. The van der Waals surface area contributed by atoms with Crippen LogP contribution in [0.2, 0.25) is 0 Å². The molecule has 0 saturated carbocycles. The lowest BCUT2D eigenvalue weighted by Crippen LogP contribution is -2.43. The quantitative estimate of drug-likeness (QED) is 0.129. The Balaban J connectivity index is 0.000000349. The molecule has 9 rings (SSSR count). The smallest absolute Gasteiger partial charge is 0.0722 e. The summed E-state index contributed by atoms with van der Waals surface area (Å²) in [7, 11) is 0. The first-order valence-corrected chi connectivity index (χ1v) is 25.1. The summed E-state index contributed by atoms with van der Waals surface area (Å²) < 4.78 is 0. The highest BCUT2D eigenvalue weighted by Crippen LogP contribution is 2.50. The van der Waals surface area contributed by atoms with Crippen LogP contribution in [0.5, 0.6) is 0 Å². The molecule has 4 heteroatoms. The number of allylic oxidation sites excluding steroid dienone is 9. The van der Waals surface area contributed by atoms with Crippen LogP contribution >= 0.6 is 11.8 Å². The van der Waals surface area contributed by atoms with Crippen molar-refractivity contribution in [2.75, 3.05) is 10.7 Å². The van der Waals surface area contributed by atoms with Crippen molar-refractivity contribution in [2.24, 2.45) is 5.92 Å². The van der Waals surface area contributed by atoms with Crippen molar-refractivity contribution in [1.29, 1.82) is 0 Å². The zero-order chi connectivity index (χ0) is 45.8. The highest BCUT2D eigenvalue weighted by molar-refractivity contribution is 8.02. The fourth-order valence-electron chi connectivity index (χ4n) is 8.94. The number of para-hydroxylation sites is 1. The number of hydrogen-bond donors (Lipinski definition) is 2. The summed E-state index contributed by atoms with van der Waals surface area (Å²) in [5.41, 5.74) is 15.4. The Morgan fingerprint density at radius 1 is 0.815 bits per heavy atom. The van der Waals surface area contributed by atoms with Gasteiger partial charge in [-0.1, -0.05) is 198 Å². The lowest BCUT2D eigenvalue weighted by molar-refractivity contribution is 0.414. The summed E-state index contributed by atoms with van der Waals surface area (Å²) in [6.07, 6.45) is 28.3. The highest BCUT2D eigenvalue weighted by Gasteiger charge is 2.44. The van der Waals surface area contributed by atoms with Gasteiger partial charge in [0, 0.05) is 28.7 Å². The number of anilines is 2. The second-order valence-corrected chi connectivity index (χ2v) is 17.5. The van der Waals surface area contributed by atoms with Gasteiger partial charge in [-0.25, -0.2) is 0 Å². The molecular weight excluding hydrogens is 807 g/mol. The molecule has 5 aromatic carbocycles. The molecule has 2 N–H and O–H groups in total. The molecule has 65 heavy (non-hydrogen) atoms. The second-order valence-electron chi connectivity index (χ2n) is 16.4. The van der Waals surface area contributed by atoms with Crippen molar-refractivity contribution in [2.45, 2.75) is 98.7 Å². The number of nitrogens with zero attached hydrogens (tertiary/aromatic N) is 1. The number of aryl methyl sites for hydroxylation is 2. The molecule has 4 aliphatic rings. The summed E-state index contributed by atoms with van der Waals surface area (Å²) in [5.74, 6) is 1.53. The summed E-state index contributed by atoms with van der Waals surface area (Å²) in [6.45, 7) is 14.8. The highest BCUT2D eigenvalue weighted by atomic mass is 32.2. The van der Waals surface area contributed by atoms with Gasteiger partial charge in [-0.3, -0.25) is 5.32 Å². The van der Waals surface area contributed by atoms with Gasteiger partial charge in [0.1, 0.15) is 0 Å². The molecule has 2 aliphatic carbocycles. The monoisotopic (exact) mass is 878 g/mol. The van der Waals surface area contributed by atoms with Crippen molar-refractivity contribution < 1.29 is 0 Å². The molecule has 0 bridgehead atoms. The van der Waals surface area contributed by atoms with Crippen LogP contribution < -0.4 is 15.5 Å². The maximum absolute atomic E-state index is 4.22. The first-order chi connectivity index (χ1) is 32.0. The Kier molecular flexibility index (Phi) is 19.2. The van der Waals surface area contributed by atoms with Gasteiger partial charge in [-0.05, 0) is 126 Å². The van der Waals surface area contributed by atoms with E-state index in [1.807, 2.05) is 31.7 Å². The topological polar surface area (TPSA) is 27.3 Å². The summed E-state index contributed by atoms with van der Waals surface area (Å²) in [4.78, 5) is 2.56. The molecule has 0 spiro atoms. The molecule has 0 aromatic heterocycles. The van der Waals surface area contributed by atoms with Crippen LogP contribution in [-0.2, 0) is 6.42 Å². The van der Waals surface area contributed by atoms with Gasteiger partial charge in [0.2, 0.25) is 0 Å². The van der Waals surface area contributed by atoms with E-state index in [-0.39, 0.29) is 18.1 Å². The maximum atomic E-state index is 4.22. The zero-order valence-corrected chi connectivity index (χ0v) is 40.7. The minimum Gasteiger partial charge on any atom is -0.356 e. The number of rotatable bonds is 11. The molecule has 2 aliphatic heterocycles. The molecule has 3 nitrogen and oxygen atoms in total. The SMILES string of the molecule is C/C=C(\NC1=CCCC=C1)c1cccc(N2c3ccccc3C3NC(c4ccc(-c5ccccc5)c(C)c4)C(C4C=CC=CC4)=CC32)c1.CC.CC/C=C\SCC.CCc1ccccc1. The fourth-order valence-corrected chi connectivity index (χ4v) is 9.46. The first-order valence-electron chi connectivity index (χ1n) is 24.1. The van der Waals surface area contributed by atoms with E-state index < -0.39 is 0 Å². The van der Waals surface area contributed by atoms with Crippen molar-refractivity contribution in [3.05, 3.63) is 233 Å². The molecule has 4 unspecified atom stereocenters. The molecule has 5 aromatic rings. The van der Waals surface area contributed by atoms with E-state index in [9.17, 15) is 0 Å². The van der Waals surface area contributed by atoms with Gasteiger partial charge in [0.05, 0.1) is 18.1 Å². The third-order valence-corrected chi connectivity index (χ3v) is 12.9. The second kappa shape index (κ2) is 25.6. The van der Waals surface area contributed by atoms with Crippen molar-refractivity contribution in [1.82, 2.24) is 10.6 Å². The Bertz CT molecular complexity index is 2470. The van der Waals surface area contributed by atoms with Gasteiger partial charge in [-0.15, -0.1) is 11.8 Å². The molecule has 0 saturated heterocycles. The lowest BCUT2D eigenvalue weighted by atomic mass is 9.79. The molecule has 0 radical (unpaired) electrons. The summed E-state index contributed by atoms with van der Waals surface area (Å²) in [5, 5.41) is 10.1. The third kappa shape index (κ3) is 12.7. The first kappa shape index (κ1) is 48.6. The lowest BCUT2D eigenvalue weighted by Gasteiger charge is -2.40. The van der Waals surface area contributed by atoms with Gasteiger partial charge < -0.3 is 10.2 Å². The Morgan fingerprint density at radius 2 is 1.58 bits per heavy atom. The summed E-state index contributed by atoms with van der Waals surface area (Å²) >= 11 is 1.85. The largest absolute Gasteiger partial charge is 0.356 e. The average Bonchev–Trinajstić information content (AvgIpc) is 3.71. The van der Waals surface area contributed by atoms with Crippen LogP contribution in [0.3, 0.4) is 0 Å². The zero-order valence-electron chi connectivity index (χ0n) is 39.9. The maximum Gasteiger partial charge on any atom is 0.0722 e. The third-order valence-electron chi connectivity index (χ3n) is 12.1. The van der Waals surface area contributed by atoms with Crippen molar-refractivity contribution in [3.63, 3.8) is 0 Å². The Morgan fingerprint density at radius 3 is 2.25 bits per heavy atom. The molecule has 0 fully saturated rings. The molecule has 2 heterocycles. The molecule has 0 amide bonds. The minimum absolute atomic E-state index is 0.117. The van der Waals surface area contributed by atoms with E-state index in [1.54, 1.807) is 0 Å². The van der Waals surface area contributed by atoms with Crippen molar-refractivity contribution in [3.8, 4) is 11.1 Å². The van der Waals surface area contributed by atoms with E-state index in [0.717, 1.165) is 37.8 Å². The van der Waals surface area contributed by atoms with Crippen molar-refractivity contribution >= 4 is 28.8 Å².